The van der Waals surface area contributed by atoms with Gasteiger partial charge in [-0.25, -0.2) is 19.6 Å². The first-order chi connectivity index (χ1) is 21.5. The van der Waals surface area contributed by atoms with Gasteiger partial charge in [0.2, 0.25) is 5.60 Å². The van der Waals surface area contributed by atoms with Crippen molar-refractivity contribution in [2.45, 2.75) is 34.2 Å². The minimum atomic E-state index is -1.53. The van der Waals surface area contributed by atoms with Gasteiger partial charge in [-0.15, -0.1) is 34.4 Å². The number of nitrogens with one attached hydrogen (secondary N) is 1. The van der Waals surface area contributed by atoms with Crippen LogP contribution in [0.4, 0.5) is 5.13 Å². The normalized spacial score (nSPS) is 20.3. The number of thioether (sulfide) groups is 2. The summed E-state index contributed by atoms with van der Waals surface area (Å²) >= 11 is 4.93. The molecule has 1 saturated heterocycles. The third kappa shape index (κ3) is 5.90. The average Bonchev–Trinajstić information content (AvgIpc) is 3.45. The van der Waals surface area contributed by atoms with Gasteiger partial charge in [0, 0.05) is 40.7 Å². The number of thiazole rings is 2. The van der Waals surface area contributed by atoms with Gasteiger partial charge < -0.3 is 36.3 Å². The number of β-lactam (4-membered cyclic amide) rings is 1. The smallest absolute Gasteiger partial charge is 0.352 e. The van der Waals surface area contributed by atoms with Crippen molar-refractivity contribution in [1.82, 2.24) is 20.2 Å². The standard InChI is InChI=1S/C26H22N6O9S4/c27-24-28-13(9-43-24)16(31-41-26(3-4-26)23(39)40)19(35)30-17-20(36)32-18(22(37)38)11(6-42-21(17)32)7-44-25-29-12(8-45-25)10-1-2-14(33)15(34)5-10/h1-2,5,8-9,17,21,33-34H,3-4,6-7H2,(H2,27,28)(H,30,35)(H,37,38)(H,39,40)/t17-,21+/m1/s1. The van der Waals surface area contributed by atoms with Gasteiger partial charge in [0.15, 0.2) is 26.7 Å². The van der Waals surface area contributed by atoms with Gasteiger partial charge in [0.25, 0.3) is 11.8 Å². The van der Waals surface area contributed by atoms with Crippen LogP contribution >= 0.6 is 46.2 Å². The number of fused-ring (bicyclic) bond motifs is 1. The van der Waals surface area contributed by atoms with Crippen LogP contribution in [0, 0.1) is 0 Å². The lowest BCUT2D eigenvalue weighted by molar-refractivity contribution is -0.153. The van der Waals surface area contributed by atoms with Crippen LogP contribution in [0.15, 0.2) is 49.7 Å². The molecule has 6 rings (SSSR count). The van der Waals surface area contributed by atoms with E-state index in [1.807, 2.05) is 0 Å². The number of nitrogens with two attached hydrogens (primary N) is 1. The van der Waals surface area contributed by atoms with Crippen LogP contribution in [0.5, 0.6) is 11.5 Å². The third-order valence-corrected chi connectivity index (χ3v) is 11.2. The SMILES string of the molecule is Nc1nc(C(=NOC2(C(=O)O)CC2)C(=O)N[C@@H]2C(=O)N3C(C(=O)O)=C(CSc4nc(-c5ccc(O)c(O)c5)cs4)CS[C@@H]23)cs1. The lowest BCUT2D eigenvalue weighted by atomic mass is 10.0. The number of anilines is 1. The Morgan fingerprint density at radius 1 is 1.16 bits per heavy atom. The highest BCUT2D eigenvalue weighted by Crippen LogP contribution is 2.43. The molecule has 45 heavy (non-hydrogen) atoms. The van der Waals surface area contributed by atoms with Crippen molar-refractivity contribution in [3.05, 3.63) is 45.9 Å². The second kappa shape index (κ2) is 11.9. The number of carbonyl (C=O) groups is 4. The molecule has 234 valence electrons. The van der Waals surface area contributed by atoms with Gasteiger partial charge in [-0.05, 0) is 23.8 Å². The van der Waals surface area contributed by atoms with E-state index in [-0.39, 0.29) is 58.1 Å². The summed E-state index contributed by atoms with van der Waals surface area (Å²) in [6, 6.07) is 3.28. The number of amides is 2. The minimum absolute atomic E-state index is 0.0362. The molecule has 15 nitrogen and oxygen atoms in total. The molecule has 3 aliphatic rings. The topological polar surface area (TPSA) is 238 Å². The Balaban J connectivity index is 1.15. The van der Waals surface area contributed by atoms with Crippen molar-refractivity contribution in [1.29, 1.82) is 0 Å². The molecule has 2 aliphatic heterocycles. The molecule has 0 spiro atoms. The van der Waals surface area contributed by atoms with Gasteiger partial charge in [0.05, 0.1) is 5.69 Å². The van der Waals surface area contributed by atoms with E-state index in [0.717, 1.165) is 16.2 Å². The maximum absolute atomic E-state index is 13.3. The zero-order chi connectivity index (χ0) is 32.0. The predicted molar refractivity (Wildman–Crippen MR) is 165 cm³/mol. The van der Waals surface area contributed by atoms with Crippen LogP contribution in [0.1, 0.15) is 18.5 Å². The molecule has 4 heterocycles. The van der Waals surface area contributed by atoms with E-state index in [1.54, 1.807) is 11.4 Å². The maximum atomic E-state index is 13.3. The summed E-state index contributed by atoms with van der Waals surface area (Å²) in [7, 11) is 0. The first-order valence-electron chi connectivity index (χ1n) is 13.0. The fraction of sp³-hybridized carbons (Fsp3) is 0.269. The molecular formula is C26H22N6O9S4. The molecule has 2 fully saturated rings. The van der Waals surface area contributed by atoms with Crippen molar-refractivity contribution >= 4 is 80.8 Å². The molecule has 19 heteroatoms. The number of aromatic hydroxyl groups is 2. The first kappa shape index (κ1) is 30.7. The Morgan fingerprint density at radius 2 is 1.93 bits per heavy atom. The molecule has 2 amide bonds. The molecule has 0 unspecified atom stereocenters. The largest absolute Gasteiger partial charge is 0.504 e. The number of benzene rings is 1. The number of carbonyl (C=O) groups excluding carboxylic acids is 2. The van der Waals surface area contributed by atoms with Crippen LogP contribution < -0.4 is 11.1 Å². The quantitative estimate of drug-likeness (QED) is 0.0556. The Hall–Kier alpha value is -4.33. The van der Waals surface area contributed by atoms with Crippen LogP contribution in [0.2, 0.25) is 0 Å². The number of oxime groups is 1. The fourth-order valence-electron chi connectivity index (χ4n) is 4.48. The Kier molecular flexibility index (Phi) is 8.10. The van der Waals surface area contributed by atoms with Crippen molar-refractivity contribution in [2.24, 2.45) is 5.16 Å². The number of nitrogens with zero attached hydrogens (tertiary/aromatic N) is 4. The fourth-order valence-corrected chi connectivity index (χ4v) is 8.35. The summed E-state index contributed by atoms with van der Waals surface area (Å²) in [5.41, 5.74) is 5.36. The van der Waals surface area contributed by atoms with Gasteiger partial charge >= 0.3 is 11.9 Å². The summed E-state index contributed by atoms with van der Waals surface area (Å²) in [6.45, 7) is 0. The molecule has 2 atom stereocenters. The highest BCUT2D eigenvalue weighted by atomic mass is 32.2. The number of carboxylic acids is 2. The van der Waals surface area contributed by atoms with E-state index in [9.17, 15) is 39.6 Å². The van der Waals surface area contributed by atoms with E-state index in [1.165, 1.54) is 52.4 Å². The number of carboxylic acid groups (broad SMARTS) is 2. The number of aromatic nitrogens is 2. The summed E-state index contributed by atoms with van der Waals surface area (Å²) in [5.74, 6) is -4.01. The molecule has 0 bridgehead atoms. The molecular weight excluding hydrogens is 669 g/mol. The third-order valence-electron chi connectivity index (χ3n) is 7.05. The Morgan fingerprint density at radius 3 is 2.58 bits per heavy atom. The highest BCUT2D eigenvalue weighted by Gasteiger charge is 2.56. The highest BCUT2D eigenvalue weighted by molar-refractivity contribution is 8.01. The zero-order valence-corrected chi connectivity index (χ0v) is 26.0. The van der Waals surface area contributed by atoms with Gasteiger partial charge in [-0.2, -0.15) is 0 Å². The van der Waals surface area contributed by atoms with Crippen LogP contribution in [-0.4, -0.2) is 93.3 Å². The van der Waals surface area contributed by atoms with E-state index < -0.39 is 40.8 Å². The van der Waals surface area contributed by atoms with E-state index in [2.05, 4.69) is 20.4 Å². The molecule has 1 aliphatic carbocycles. The number of phenolic OH excluding ortho intramolecular Hbond substituents is 2. The summed E-state index contributed by atoms with van der Waals surface area (Å²) < 4.78 is 0.634. The van der Waals surface area contributed by atoms with Gasteiger partial charge in [-0.1, -0.05) is 16.9 Å². The van der Waals surface area contributed by atoms with Crippen molar-refractivity contribution in [3.8, 4) is 22.8 Å². The molecule has 1 saturated carbocycles. The van der Waals surface area contributed by atoms with Crippen molar-refractivity contribution in [2.75, 3.05) is 17.2 Å². The average molecular weight is 691 g/mol. The predicted octanol–water partition coefficient (Wildman–Crippen LogP) is 2.13. The zero-order valence-electron chi connectivity index (χ0n) is 22.7. The second-order valence-electron chi connectivity index (χ2n) is 10.0. The monoisotopic (exact) mass is 690 g/mol. The van der Waals surface area contributed by atoms with Crippen LogP contribution in [0.25, 0.3) is 11.3 Å². The van der Waals surface area contributed by atoms with Crippen LogP contribution in [0.3, 0.4) is 0 Å². The van der Waals surface area contributed by atoms with Crippen LogP contribution in [-0.2, 0) is 24.0 Å². The first-order valence-corrected chi connectivity index (χ1v) is 16.8. The lowest BCUT2D eigenvalue weighted by Gasteiger charge is -2.49. The van der Waals surface area contributed by atoms with Gasteiger partial charge in [0.1, 0.15) is 22.8 Å². The molecule has 7 N–H and O–H groups in total. The number of hydrogen-bond acceptors (Lipinski definition) is 15. The molecule has 3 aromatic rings. The number of aliphatic carboxylic acids is 2. The number of hydrogen-bond donors (Lipinski definition) is 6. The minimum Gasteiger partial charge on any atom is -0.504 e. The second-order valence-corrected chi connectivity index (χ2v) is 14.1. The Labute approximate surface area is 269 Å². The number of nitrogen functional groups attached to an aromatic ring is 1. The lowest BCUT2D eigenvalue weighted by Crippen LogP contribution is -2.71. The van der Waals surface area contributed by atoms with Gasteiger partial charge in [-0.3, -0.25) is 14.5 Å². The van der Waals surface area contributed by atoms with Crippen molar-refractivity contribution in [3.63, 3.8) is 0 Å². The number of phenols is 2. The van der Waals surface area contributed by atoms with Crippen molar-refractivity contribution < 1.29 is 44.4 Å². The number of rotatable bonds is 11. The van der Waals surface area contributed by atoms with E-state index in [0.29, 0.717) is 21.2 Å². The maximum Gasteiger partial charge on any atom is 0.352 e. The summed E-state index contributed by atoms with van der Waals surface area (Å²) in [6.07, 6.45) is 0.429. The molecule has 0 radical (unpaired) electrons. The molecule has 1 aromatic carbocycles. The van der Waals surface area contributed by atoms with E-state index in [4.69, 9.17) is 10.6 Å². The molecule has 2 aromatic heterocycles. The summed E-state index contributed by atoms with van der Waals surface area (Å²) in [5, 5.41) is 47.8. The summed E-state index contributed by atoms with van der Waals surface area (Å²) in [4.78, 5) is 65.2. The van der Waals surface area contributed by atoms with E-state index >= 15 is 0 Å². The Bertz CT molecular complexity index is 1800.